The van der Waals surface area contributed by atoms with E-state index in [2.05, 4.69) is 21.2 Å². The van der Waals surface area contributed by atoms with Crippen molar-refractivity contribution in [3.8, 4) is 0 Å². The van der Waals surface area contributed by atoms with Crippen molar-refractivity contribution in [2.45, 2.75) is 19.3 Å². The van der Waals surface area contributed by atoms with Crippen LogP contribution in [0, 0.1) is 5.92 Å². The van der Waals surface area contributed by atoms with E-state index in [1.54, 1.807) is 11.3 Å². The van der Waals surface area contributed by atoms with Gasteiger partial charge in [-0.05, 0) is 40.9 Å². The van der Waals surface area contributed by atoms with Crippen molar-refractivity contribution in [1.82, 2.24) is 5.32 Å². The van der Waals surface area contributed by atoms with E-state index < -0.39 is 0 Å². The summed E-state index contributed by atoms with van der Waals surface area (Å²) >= 11 is 5.02. The topological polar surface area (TPSA) is 46.2 Å². The van der Waals surface area contributed by atoms with Gasteiger partial charge in [-0.15, -0.1) is 11.3 Å². The van der Waals surface area contributed by atoms with E-state index in [1.165, 1.54) is 4.88 Å². The average Bonchev–Trinajstić information content (AvgIpc) is 2.56. The lowest BCUT2D eigenvalue weighted by Crippen LogP contribution is -2.41. The molecule has 3 nitrogen and oxygen atoms in total. The van der Waals surface area contributed by atoms with Crippen LogP contribution in [0.1, 0.15) is 17.7 Å². The normalized spacial score (nSPS) is 21.5. The zero-order chi connectivity index (χ0) is 10.8. The molecular formula is C10H10BrNO2S. The van der Waals surface area contributed by atoms with Crippen LogP contribution in [0.25, 0.3) is 0 Å². The molecule has 0 radical (unpaired) electrons. The summed E-state index contributed by atoms with van der Waals surface area (Å²) in [4.78, 5) is 23.6. The van der Waals surface area contributed by atoms with Crippen LogP contribution in [0.5, 0.6) is 0 Å². The van der Waals surface area contributed by atoms with Gasteiger partial charge in [0, 0.05) is 17.2 Å². The average molecular weight is 288 g/mol. The number of carbonyl (C=O) groups excluding carboxylic acids is 2. The number of hydrogen-bond donors (Lipinski definition) is 1. The second-order valence-electron chi connectivity index (χ2n) is 3.56. The van der Waals surface area contributed by atoms with Gasteiger partial charge in [0.1, 0.15) is 0 Å². The smallest absolute Gasteiger partial charge is 0.230 e. The molecule has 1 unspecified atom stereocenters. The molecule has 80 valence electrons. The molecule has 0 spiro atoms. The van der Waals surface area contributed by atoms with E-state index >= 15 is 0 Å². The van der Waals surface area contributed by atoms with E-state index in [9.17, 15) is 9.59 Å². The number of halogens is 1. The van der Waals surface area contributed by atoms with Crippen molar-refractivity contribution >= 4 is 39.1 Å². The van der Waals surface area contributed by atoms with Crippen molar-refractivity contribution < 1.29 is 9.59 Å². The monoisotopic (exact) mass is 287 g/mol. The van der Waals surface area contributed by atoms with Crippen LogP contribution in [0.3, 0.4) is 0 Å². The molecule has 1 aromatic heterocycles. The number of imide groups is 1. The van der Waals surface area contributed by atoms with Gasteiger partial charge in [0.25, 0.3) is 0 Å². The molecule has 2 heterocycles. The van der Waals surface area contributed by atoms with Gasteiger partial charge < -0.3 is 0 Å². The molecule has 1 saturated heterocycles. The standard InChI is InChI=1S/C10H10BrNO2S/c11-8-3-2-7(15-8)5-6-1-4-9(13)12-10(6)14/h2-3,6H,1,4-5H2,(H,12,13,14). The van der Waals surface area contributed by atoms with Crippen molar-refractivity contribution in [3.63, 3.8) is 0 Å². The minimum Gasteiger partial charge on any atom is -0.296 e. The van der Waals surface area contributed by atoms with E-state index in [-0.39, 0.29) is 17.7 Å². The first kappa shape index (κ1) is 10.8. The molecule has 0 saturated carbocycles. The van der Waals surface area contributed by atoms with Gasteiger partial charge in [0.05, 0.1) is 3.79 Å². The molecular weight excluding hydrogens is 278 g/mol. The Labute approximate surface area is 100.0 Å². The maximum Gasteiger partial charge on any atom is 0.230 e. The Balaban J connectivity index is 2.00. The molecule has 1 N–H and O–H groups in total. The van der Waals surface area contributed by atoms with Crippen molar-refractivity contribution in [1.29, 1.82) is 0 Å². The molecule has 1 aliphatic heterocycles. The number of piperidine rings is 1. The van der Waals surface area contributed by atoms with E-state index in [0.717, 1.165) is 10.2 Å². The Morgan fingerprint density at radius 3 is 2.87 bits per heavy atom. The maximum atomic E-state index is 11.5. The van der Waals surface area contributed by atoms with Gasteiger partial charge in [-0.3, -0.25) is 14.9 Å². The van der Waals surface area contributed by atoms with Crippen LogP contribution < -0.4 is 5.32 Å². The lowest BCUT2D eigenvalue weighted by Gasteiger charge is -2.19. The van der Waals surface area contributed by atoms with Gasteiger partial charge >= 0.3 is 0 Å². The van der Waals surface area contributed by atoms with Crippen molar-refractivity contribution in [2.75, 3.05) is 0 Å². The highest BCUT2D eigenvalue weighted by molar-refractivity contribution is 9.11. The summed E-state index contributed by atoms with van der Waals surface area (Å²) in [6, 6.07) is 3.99. The second kappa shape index (κ2) is 4.45. The van der Waals surface area contributed by atoms with Crippen LogP contribution in [0.15, 0.2) is 15.9 Å². The predicted molar refractivity (Wildman–Crippen MR) is 61.6 cm³/mol. The summed E-state index contributed by atoms with van der Waals surface area (Å²) in [6.07, 6.45) is 1.86. The zero-order valence-electron chi connectivity index (χ0n) is 7.96. The molecule has 0 bridgehead atoms. The molecule has 2 amide bonds. The summed E-state index contributed by atoms with van der Waals surface area (Å²) in [7, 11) is 0. The molecule has 0 aliphatic carbocycles. The van der Waals surface area contributed by atoms with Gasteiger partial charge in [-0.1, -0.05) is 0 Å². The highest BCUT2D eigenvalue weighted by atomic mass is 79.9. The van der Waals surface area contributed by atoms with Gasteiger partial charge in [0.2, 0.25) is 11.8 Å². The molecule has 1 fully saturated rings. The third kappa shape index (κ3) is 2.66. The SMILES string of the molecule is O=C1CCC(Cc2ccc(Br)s2)C(=O)N1. The largest absolute Gasteiger partial charge is 0.296 e. The number of thiophene rings is 1. The fraction of sp³-hybridized carbons (Fsp3) is 0.400. The summed E-state index contributed by atoms with van der Waals surface area (Å²) < 4.78 is 1.07. The summed E-state index contributed by atoms with van der Waals surface area (Å²) in [5.74, 6) is -0.326. The second-order valence-corrected chi connectivity index (χ2v) is 6.11. The Morgan fingerprint density at radius 1 is 1.47 bits per heavy atom. The molecule has 5 heteroatoms. The van der Waals surface area contributed by atoms with Crippen molar-refractivity contribution in [3.05, 3.63) is 20.8 Å². The van der Waals surface area contributed by atoms with E-state index in [0.29, 0.717) is 12.8 Å². The zero-order valence-corrected chi connectivity index (χ0v) is 10.4. The Bertz CT molecular complexity index is 402. The Morgan fingerprint density at radius 2 is 2.27 bits per heavy atom. The number of nitrogens with one attached hydrogen (secondary N) is 1. The fourth-order valence-corrected chi connectivity index (χ4v) is 3.20. The highest BCUT2D eigenvalue weighted by Crippen LogP contribution is 2.26. The summed E-state index contributed by atoms with van der Waals surface area (Å²) in [6.45, 7) is 0. The van der Waals surface area contributed by atoms with Gasteiger partial charge in [0.15, 0.2) is 0 Å². The molecule has 1 atom stereocenters. The number of hydrogen-bond acceptors (Lipinski definition) is 3. The predicted octanol–water partition coefficient (Wildman–Crippen LogP) is 2.11. The molecule has 1 aliphatic rings. The van der Waals surface area contributed by atoms with Crippen LogP contribution in [-0.4, -0.2) is 11.8 Å². The first-order valence-corrected chi connectivity index (χ1v) is 6.34. The van der Waals surface area contributed by atoms with Crippen LogP contribution in [0.2, 0.25) is 0 Å². The number of rotatable bonds is 2. The minimum absolute atomic E-state index is 0.0479. The van der Waals surface area contributed by atoms with Crippen LogP contribution in [0.4, 0.5) is 0 Å². The third-order valence-electron chi connectivity index (χ3n) is 2.43. The molecule has 2 rings (SSSR count). The third-order valence-corrected chi connectivity index (χ3v) is 4.08. The lowest BCUT2D eigenvalue weighted by atomic mass is 9.94. The number of carbonyl (C=O) groups is 2. The van der Waals surface area contributed by atoms with E-state index in [4.69, 9.17) is 0 Å². The van der Waals surface area contributed by atoms with Gasteiger partial charge in [-0.2, -0.15) is 0 Å². The fourth-order valence-electron chi connectivity index (χ4n) is 1.64. The quantitative estimate of drug-likeness (QED) is 0.847. The lowest BCUT2D eigenvalue weighted by molar-refractivity contribution is -0.136. The van der Waals surface area contributed by atoms with Crippen molar-refractivity contribution in [2.24, 2.45) is 5.92 Å². The molecule has 15 heavy (non-hydrogen) atoms. The van der Waals surface area contributed by atoms with Gasteiger partial charge in [-0.25, -0.2) is 0 Å². The Kier molecular flexibility index (Phi) is 3.21. The summed E-state index contributed by atoms with van der Waals surface area (Å²) in [5, 5.41) is 2.37. The summed E-state index contributed by atoms with van der Waals surface area (Å²) in [5.41, 5.74) is 0. The highest BCUT2D eigenvalue weighted by Gasteiger charge is 2.26. The van der Waals surface area contributed by atoms with E-state index in [1.807, 2.05) is 12.1 Å². The maximum absolute atomic E-state index is 11.5. The van der Waals surface area contributed by atoms with Crippen LogP contribution in [-0.2, 0) is 16.0 Å². The van der Waals surface area contributed by atoms with Crippen LogP contribution >= 0.6 is 27.3 Å². The first-order chi connectivity index (χ1) is 7.15. The molecule has 1 aromatic rings. The first-order valence-electron chi connectivity index (χ1n) is 4.73. The molecule has 0 aromatic carbocycles. The minimum atomic E-state index is -0.149. The number of amides is 2. The Hall–Kier alpha value is -0.680.